The average Bonchev–Trinajstić information content (AvgIpc) is 3.29. The molecule has 0 aliphatic heterocycles. The third-order valence-corrected chi connectivity index (χ3v) is 5.78. The van der Waals surface area contributed by atoms with Gasteiger partial charge in [-0.2, -0.15) is 0 Å². The van der Waals surface area contributed by atoms with Gasteiger partial charge in [0.25, 0.3) is 0 Å². The predicted octanol–water partition coefficient (Wildman–Crippen LogP) is -1.87. The second-order valence-corrected chi connectivity index (χ2v) is 8.73. The molecule has 212 valence electrons. The Balaban J connectivity index is 2.21. The van der Waals surface area contributed by atoms with Crippen LogP contribution in [0.15, 0.2) is 35.5 Å². The number of guanidine groups is 1. The van der Waals surface area contributed by atoms with E-state index in [4.69, 9.17) is 22.3 Å². The van der Waals surface area contributed by atoms with E-state index in [0.717, 1.165) is 10.9 Å². The van der Waals surface area contributed by atoms with E-state index >= 15 is 0 Å². The molecular formula is C24H34N8O7. The Morgan fingerprint density at radius 3 is 2.18 bits per heavy atom. The molecule has 0 spiro atoms. The van der Waals surface area contributed by atoms with Crippen molar-refractivity contribution in [3.63, 3.8) is 0 Å². The molecule has 3 unspecified atom stereocenters. The summed E-state index contributed by atoms with van der Waals surface area (Å²) in [5.41, 5.74) is 17.4. The summed E-state index contributed by atoms with van der Waals surface area (Å²) in [6.45, 7) is -0.306. The molecule has 0 fully saturated rings. The fourth-order valence-corrected chi connectivity index (χ4v) is 3.83. The molecule has 2 rings (SSSR count). The van der Waals surface area contributed by atoms with Crippen molar-refractivity contribution in [3.05, 3.63) is 36.0 Å². The van der Waals surface area contributed by atoms with Crippen molar-refractivity contribution in [1.82, 2.24) is 20.9 Å². The van der Waals surface area contributed by atoms with Crippen LogP contribution >= 0.6 is 0 Å². The molecule has 0 aliphatic rings. The molecule has 39 heavy (non-hydrogen) atoms. The van der Waals surface area contributed by atoms with Gasteiger partial charge in [-0.05, 0) is 30.9 Å². The lowest BCUT2D eigenvalue weighted by atomic mass is 10.0. The second-order valence-electron chi connectivity index (χ2n) is 8.73. The quantitative estimate of drug-likeness (QED) is 0.0642. The number of nitrogens with one attached hydrogen (secondary N) is 4. The summed E-state index contributed by atoms with van der Waals surface area (Å²) in [7, 11) is 0. The van der Waals surface area contributed by atoms with Crippen LogP contribution in [0.25, 0.3) is 10.9 Å². The number of nitrogens with two attached hydrogens (primary N) is 3. The molecular weight excluding hydrogens is 512 g/mol. The summed E-state index contributed by atoms with van der Waals surface area (Å²) < 4.78 is 0. The molecule has 0 saturated heterocycles. The van der Waals surface area contributed by atoms with Gasteiger partial charge in [0.15, 0.2) is 5.96 Å². The van der Waals surface area contributed by atoms with Gasteiger partial charge in [-0.15, -0.1) is 0 Å². The lowest BCUT2D eigenvalue weighted by Gasteiger charge is -2.24. The van der Waals surface area contributed by atoms with Gasteiger partial charge < -0.3 is 48.3 Å². The fourth-order valence-electron chi connectivity index (χ4n) is 3.83. The first-order valence-corrected chi connectivity index (χ1v) is 12.2. The van der Waals surface area contributed by atoms with Crippen molar-refractivity contribution in [1.29, 1.82) is 0 Å². The summed E-state index contributed by atoms with van der Waals surface area (Å²) in [5.74, 6) is -4.95. The van der Waals surface area contributed by atoms with Crippen LogP contribution in [0.2, 0.25) is 0 Å². The fraction of sp³-hybridized carbons (Fsp3) is 0.417. The van der Waals surface area contributed by atoms with E-state index in [2.05, 4.69) is 25.9 Å². The zero-order valence-corrected chi connectivity index (χ0v) is 21.2. The number of aromatic nitrogens is 1. The van der Waals surface area contributed by atoms with Crippen molar-refractivity contribution < 1.29 is 34.2 Å². The van der Waals surface area contributed by atoms with E-state index in [0.29, 0.717) is 5.56 Å². The normalized spacial score (nSPS) is 13.1. The van der Waals surface area contributed by atoms with Crippen molar-refractivity contribution >= 4 is 46.5 Å². The number of rotatable bonds is 16. The molecule has 3 atom stereocenters. The lowest BCUT2D eigenvalue weighted by molar-refractivity contribution is -0.142. The van der Waals surface area contributed by atoms with Crippen LogP contribution in [0.5, 0.6) is 0 Å². The Hall–Kier alpha value is -4.66. The summed E-state index contributed by atoms with van der Waals surface area (Å²) in [6.07, 6.45) is 1.20. The number of carboxylic acids is 2. The number of hydrogen-bond acceptors (Lipinski definition) is 7. The maximum Gasteiger partial charge on any atom is 0.326 e. The molecule has 15 nitrogen and oxygen atoms in total. The van der Waals surface area contributed by atoms with Crippen LogP contribution in [-0.2, 0) is 30.4 Å². The van der Waals surface area contributed by atoms with E-state index in [9.17, 15) is 29.1 Å². The summed E-state index contributed by atoms with van der Waals surface area (Å²) in [4.78, 5) is 67.8. The van der Waals surface area contributed by atoms with Gasteiger partial charge in [-0.3, -0.25) is 24.2 Å². The predicted molar refractivity (Wildman–Crippen MR) is 141 cm³/mol. The molecule has 0 aliphatic carbocycles. The van der Waals surface area contributed by atoms with Crippen molar-refractivity contribution in [2.75, 3.05) is 13.1 Å². The monoisotopic (exact) mass is 546 g/mol. The number of fused-ring (bicyclic) bond motifs is 1. The number of para-hydroxylation sites is 1. The Morgan fingerprint density at radius 1 is 0.923 bits per heavy atom. The largest absolute Gasteiger partial charge is 0.481 e. The molecule has 1 aromatic heterocycles. The number of carboxylic acid groups (broad SMARTS) is 2. The van der Waals surface area contributed by atoms with Crippen LogP contribution in [-0.4, -0.2) is 82.0 Å². The maximum absolute atomic E-state index is 13.2. The van der Waals surface area contributed by atoms with Gasteiger partial charge in [-0.25, -0.2) is 4.79 Å². The molecule has 0 radical (unpaired) electrons. The third kappa shape index (κ3) is 9.96. The molecule has 0 bridgehead atoms. The van der Waals surface area contributed by atoms with Gasteiger partial charge in [-0.1, -0.05) is 18.2 Å². The Bertz CT molecular complexity index is 1210. The number of aliphatic carboxylic acids is 2. The Labute approximate surface area is 223 Å². The van der Waals surface area contributed by atoms with Crippen molar-refractivity contribution in [3.8, 4) is 0 Å². The SMILES string of the molecule is NCC(=O)NC(CCC(=O)O)C(=O)NC(CCCN=C(N)N)C(=O)NC(Cc1c[nH]c2ccccc12)C(=O)O. The standard InChI is InChI=1S/C24H34N8O7/c25-11-19(33)30-17(7-8-20(34)35)22(37)31-16(6-3-9-28-24(26)27)21(36)32-18(23(38)39)10-13-12-29-15-5-2-1-4-14(13)15/h1-2,4-5,12,16-18,29H,3,6-11,25H2,(H,30,33)(H,31,37)(H,32,36)(H,34,35)(H,38,39)(H4,26,27,28). The van der Waals surface area contributed by atoms with Crippen LogP contribution in [0.3, 0.4) is 0 Å². The third-order valence-electron chi connectivity index (χ3n) is 5.78. The number of hydrogen-bond donors (Lipinski definition) is 9. The van der Waals surface area contributed by atoms with Gasteiger partial charge in [0, 0.05) is 36.5 Å². The highest BCUT2D eigenvalue weighted by Crippen LogP contribution is 2.19. The number of carbonyl (C=O) groups is 5. The number of benzene rings is 1. The maximum atomic E-state index is 13.2. The van der Waals surface area contributed by atoms with Gasteiger partial charge in [0.05, 0.1) is 6.54 Å². The van der Waals surface area contributed by atoms with Gasteiger partial charge in [0.1, 0.15) is 18.1 Å². The van der Waals surface area contributed by atoms with Crippen LogP contribution in [0.4, 0.5) is 0 Å². The molecule has 0 saturated carbocycles. The minimum atomic E-state index is -1.33. The zero-order valence-electron chi connectivity index (χ0n) is 21.2. The molecule has 1 heterocycles. The number of aromatic amines is 1. The Morgan fingerprint density at radius 2 is 1.56 bits per heavy atom. The van der Waals surface area contributed by atoms with Crippen molar-refractivity contribution in [2.24, 2.45) is 22.2 Å². The molecule has 15 heteroatoms. The van der Waals surface area contributed by atoms with E-state index in [1.54, 1.807) is 12.3 Å². The first kappa shape index (κ1) is 30.6. The van der Waals surface area contributed by atoms with Crippen LogP contribution in [0, 0.1) is 0 Å². The number of nitrogens with zero attached hydrogens (tertiary/aromatic N) is 1. The summed E-state index contributed by atoms with van der Waals surface area (Å²) in [5, 5.41) is 26.9. The first-order valence-electron chi connectivity index (χ1n) is 12.2. The van der Waals surface area contributed by atoms with Gasteiger partial charge >= 0.3 is 11.9 Å². The minimum absolute atomic E-state index is 0.0181. The number of aliphatic imine (C=N–C) groups is 1. The minimum Gasteiger partial charge on any atom is -0.481 e. The summed E-state index contributed by atoms with van der Waals surface area (Å²) >= 11 is 0. The second kappa shape index (κ2) is 14.9. The molecule has 1 aromatic carbocycles. The molecule has 12 N–H and O–H groups in total. The lowest BCUT2D eigenvalue weighted by Crippen LogP contribution is -2.56. The highest BCUT2D eigenvalue weighted by molar-refractivity contribution is 5.94. The van der Waals surface area contributed by atoms with E-state index in [-0.39, 0.29) is 38.2 Å². The van der Waals surface area contributed by atoms with E-state index < -0.39 is 60.8 Å². The summed E-state index contributed by atoms with van der Waals surface area (Å²) in [6, 6.07) is 3.44. The van der Waals surface area contributed by atoms with E-state index in [1.807, 2.05) is 18.2 Å². The number of H-pyrrole nitrogens is 1. The number of amides is 3. The van der Waals surface area contributed by atoms with Crippen LogP contribution in [0.1, 0.15) is 31.2 Å². The highest BCUT2D eigenvalue weighted by Gasteiger charge is 2.30. The molecule has 2 aromatic rings. The zero-order chi connectivity index (χ0) is 28.9. The first-order chi connectivity index (χ1) is 18.5. The Kier molecular flexibility index (Phi) is 11.7. The van der Waals surface area contributed by atoms with Gasteiger partial charge in [0.2, 0.25) is 17.7 Å². The van der Waals surface area contributed by atoms with Crippen molar-refractivity contribution in [2.45, 2.75) is 50.2 Å². The smallest absolute Gasteiger partial charge is 0.326 e. The topological polar surface area (TPSA) is 268 Å². The average molecular weight is 547 g/mol. The van der Waals surface area contributed by atoms with Crippen LogP contribution < -0.4 is 33.2 Å². The van der Waals surface area contributed by atoms with E-state index in [1.165, 1.54) is 0 Å². The highest BCUT2D eigenvalue weighted by atomic mass is 16.4. The number of carbonyl (C=O) groups excluding carboxylic acids is 3. The molecule has 3 amide bonds.